The Morgan fingerprint density at radius 3 is 2.10 bits per heavy atom. The lowest BCUT2D eigenvalue weighted by Gasteiger charge is -2.37. The number of hydrogen-bond donors (Lipinski definition) is 0. The van der Waals surface area contributed by atoms with E-state index in [0.717, 1.165) is 55.6 Å². The molecule has 0 aliphatic heterocycles. The van der Waals surface area contributed by atoms with E-state index in [2.05, 4.69) is 25.8 Å². The first-order valence-electron chi connectivity index (χ1n) is 17.5. The summed E-state index contributed by atoms with van der Waals surface area (Å²) in [7, 11) is -2.30. The molecule has 0 saturated heterocycles. The molecule has 0 bridgehead atoms. The summed E-state index contributed by atoms with van der Waals surface area (Å²) >= 11 is 13.4. The zero-order valence-electron chi connectivity index (χ0n) is 28.7. The van der Waals surface area contributed by atoms with Crippen LogP contribution in [0.3, 0.4) is 0 Å². The van der Waals surface area contributed by atoms with Gasteiger partial charge in [-0.1, -0.05) is 44.0 Å². The summed E-state index contributed by atoms with van der Waals surface area (Å²) in [5.74, 6) is -1.88. The van der Waals surface area contributed by atoms with Crippen molar-refractivity contribution in [3.8, 4) is 0 Å². The number of amides is 1. The van der Waals surface area contributed by atoms with Crippen LogP contribution in [0.1, 0.15) is 111 Å². The molecule has 3 aromatic rings. The second kappa shape index (κ2) is 16.4. The second-order valence-electron chi connectivity index (χ2n) is 13.3. The van der Waals surface area contributed by atoms with Crippen LogP contribution in [-0.4, -0.2) is 53.0 Å². The summed E-state index contributed by atoms with van der Waals surface area (Å²) in [6.45, 7) is 8.47. The predicted octanol–water partition coefficient (Wildman–Crippen LogP) is 9.44. The van der Waals surface area contributed by atoms with Crippen LogP contribution in [0.25, 0.3) is 0 Å². The van der Waals surface area contributed by atoms with Gasteiger partial charge in [-0.15, -0.1) is 0 Å². The molecule has 2 aliphatic rings. The molecule has 13 heteroatoms. The van der Waals surface area contributed by atoms with Crippen LogP contribution >= 0.6 is 23.2 Å². The number of rotatable bonds is 15. The average Bonchev–Trinajstić information content (AvgIpc) is 3.83. The molecular formula is C36H46Cl2F2N4O4Si. The van der Waals surface area contributed by atoms with Crippen molar-refractivity contribution in [2.45, 2.75) is 109 Å². The van der Waals surface area contributed by atoms with Crippen LogP contribution in [0.5, 0.6) is 0 Å². The van der Waals surface area contributed by atoms with Gasteiger partial charge in [0.15, 0.2) is 8.32 Å². The molecule has 0 radical (unpaired) electrons. The Balaban J connectivity index is 1.53. The van der Waals surface area contributed by atoms with E-state index in [-0.39, 0.29) is 42.8 Å². The van der Waals surface area contributed by atoms with E-state index >= 15 is 0 Å². The molecular weight excluding hydrogens is 689 g/mol. The number of aromatic nitrogens is 3. The Bertz CT molecular complexity index is 1580. The minimum Gasteiger partial charge on any atom is -0.466 e. The predicted molar refractivity (Wildman–Crippen MR) is 188 cm³/mol. The van der Waals surface area contributed by atoms with Gasteiger partial charge in [0, 0.05) is 36.5 Å². The van der Waals surface area contributed by atoms with Crippen LogP contribution in [0.4, 0.5) is 8.78 Å². The Morgan fingerprint density at radius 1 is 0.939 bits per heavy atom. The van der Waals surface area contributed by atoms with Crippen molar-refractivity contribution >= 4 is 43.4 Å². The average molecular weight is 736 g/mol. The molecule has 0 spiro atoms. The van der Waals surface area contributed by atoms with Crippen molar-refractivity contribution in [1.82, 2.24) is 19.7 Å². The molecule has 2 fully saturated rings. The highest BCUT2D eigenvalue weighted by atomic mass is 35.5. The SMILES string of the molecule is CCOC(=O)C1CCC(n2ncc(C(=O)N(Cc3cc(F)cc(F)c3)CC(O[Si](CC)(CC)CC)c3c(Cl)cncc3Cl)c2C2CC2)CC1. The first-order chi connectivity index (χ1) is 23.5. The minimum absolute atomic E-state index is 0.0368. The van der Waals surface area contributed by atoms with Crippen LogP contribution in [0.2, 0.25) is 28.2 Å². The van der Waals surface area contributed by atoms with Gasteiger partial charge in [-0.25, -0.2) is 8.78 Å². The standard InChI is InChI=1S/C36H46Cl2F2N4O4Si/c1-5-47-36(46)25-11-13-28(14-12-25)44-34(24-9-10-24)29(18-42-44)35(45)43(21-23-15-26(39)17-27(40)16-23)22-32(48-49(6-2,7-3)8-4)33-30(37)19-41-20-31(33)38/h15-20,24-25,28,32H,5-14,21-22H2,1-4H3. The van der Waals surface area contributed by atoms with E-state index in [1.165, 1.54) is 24.5 Å². The number of carbonyl (C=O) groups excluding carboxylic acids is 2. The topological polar surface area (TPSA) is 86.6 Å². The van der Waals surface area contributed by atoms with E-state index in [1.807, 2.05) is 11.6 Å². The van der Waals surface area contributed by atoms with Crippen molar-refractivity contribution in [2.24, 2.45) is 5.92 Å². The molecule has 1 unspecified atom stereocenters. The summed E-state index contributed by atoms with van der Waals surface area (Å²) in [5, 5.41) is 5.40. The minimum atomic E-state index is -2.30. The van der Waals surface area contributed by atoms with Crippen LogP contribution in [0.15, 0.2) is 36.8 Å². The number of hydrogen-bond acceptors (Lipinski definition) is 6. The monoisotopic (exact) mass is 734 g/mol. The molecule has 5 rings (SSSR count). The van der Waals surface area contributed by atoms with Gasteiger partial charge in [-0.05, 0) is 81.3 Å². The molecule has 266 valence electrons. The highest BCUT2D eigenvalue weighted by Gasteiger charge is 2.39. The van der Waals surface area contributed by atoms with Gasteiger partial charge in [0.2, 0.25) is 0 Å². The number of benzene rings is 1. The first kappa shape index (κ1) is 37.4. The summed E-state index contributed by atoms with van der Waals surface area (Å²) in [6.07, 6.45) is 8.67. The number of halogens is 4. The van der Waals surface area contributed by atoms with Crippen molar-refractivity contribution in [2.75, 3.05) is 13.2 Å². The van der Waals surface area contributed by atoms with Crippen molar-refractivity contribution in [3.63, 3.8) is 0 Å². The van der Waals surface area contributed by atoms with Crippen molar-refractivity contribution in [1.29, 1.82) is 0 Å². The molecule has 2 saturated carbocycles. The van der Waals surface area contributed by atoms with E-state index in [0.29, 0.717) is 46.2 Å². The van der Waals surface area contributed by atoms with Crippen LogP contribution in [-0.2, 0) is 20.5 Å². The number of carbonyl (C=O) groups is 2. The lowest BCUT2D eigenvalue weighted by atomic mass is 9.86. The maximum atomic E-state index is 14.8. The quantitative estimate of drug-likeness (QED) is 0.114. The molecule has 2 aromatic heterocycles. The third-order valence-corrected chi connectivity index (χ3v) is 15.5. The smallest absolute Gasteiger partial charge is 0.308 e. The maximum absolute atomic E-state index is 14.8. The summed E-state index contributed by atoms with van der Waals surface area (Å²) in [6, 6.07) is 5.87. The number of nitrogens with zero attached hydrogens (tertiary/aromatic N) is 4. The van der Waals surface area contributed by atoms with Gasteiger partial charge >= 0.3 is 5.97 Å². The van der Waals surface area contributed by atoms with Crippen molar-refractivity contribution in [3.05, 3.63) is 80.9 Å². The van der Waals surface area contributed by atoms with Crippen LogP contribution < -0.4 is 0 Å². The fraction of sp³-hybridized carbons (Fsp3) is 0.556. The first-order valence-corrected chi connectivity index (χ1v) is 20.8. The van der Waals surface area contributed by atoms with Crippen molar-refractivity contribution < 1.29 is 27.5 Å². The molecule has 1 atom stereocenters. The Labute approximate surface area is 298 Å². The normalized spacial score (nSPS) is 18.7. The van der Waals surface area contributed by atoms with E-state index in [9.17, 15) is 18.4 Å². The highest BCUT2D eigenvalue weighted by molar-refractivity contribution is 6.73. The molecule has 2 aliphatic carbocycles. The van der Waals surface area contributed by atoms with Gasteiger partial charge in [-0.2, -0.15) is 5.10 Å². The van der Waals surface area contributed by atoms with Crippen LogP contribution in [0, 0.1) is 17.6 Å². The van der Waals surface area contributed by atoms with Gasteiger partial charge in [-0.3, -0.25) is 19.3 Å². The second-order valence-corrected chi connectivity index (χ2v) is 18.8. The zero-order chi connectivity index (χ0) is 35.3. The number of esters is 1. The maximum Gasteiger partial charge on any atom is 0.308 e. The number of pyridine rings is 1. The molecule has 2 heterocycles. The molecule has 0 N–H and O–H groups in total. The van der Waals surface area contributed by atoms with Gasteiger partial charge in [0.05, 0.1) is 58.7 Å². The number of ether oxygens (including phenoxy) is 1. The third kappa shape index (κ3) is 8.72. The van der Waals surface area contributed by atoms with E-state index < -0.39 is 26.1 Å². The Kier molecular flexibility index (Phi) is 12.5. The Morgan fingerprint density at radius 2 is 1.55 bits per heavy atom. The summed E-state index contributed by atoms with van der Waals surface area (Å²) < 4.78 is 43.2. The third-order valence-electron chi connectivity index (χ3n) is 10.2. The lowest BCUT2D eigenvalue weighted by molar-refractivity contribution is -0.149. The summed E-state index contributed by atoms with van der Waals surface area (Å²) in [4.78, 5) is 32.9. The molecule has 1 aromatic carbocycles. The fourth-order valence-electron chi connectivity index (χ4n) is 7.14. The molecule has 8 nitrogen and oxygen atoms in total. The zero-order valence-corrected chi connectivity index (χ0v) is 31.2. The largest absolute Gasteiger partial charge is 0.466 e. The van der Waals surface area contributed by atoms with E-state index in [1.54, 1.807) is 11.1 Å². The lowest BCUT2D eigenvalue weighted by Crippen LogP contribution is -2.42. The highest BCUT2D eigenvalue weighted by Crippen LogP contribution is 2.45. The van der Waals surface area contributed by atoms with Gasteiger partial charge in [0.25, 0.3) is 5.91 Å². The molecule has 1 amide bonds. The molecule has 49 heavy (non-hydrogen) atoms. The summed E-state index contributed by atoms with van der Waals surface area (Å²) in [5.41, 5.74) is 2.17. The van der Waals surface area contributed by atoms with E-state index in [4.69, 9.17) is 37.5 Å². The van der Waals surface area contributed by atoms with Gasteiger partial charge in [0.1, 0.15) is 11.6 Å². The fourth-order valence-corrected chi connectivity index (χ4v) is 10.5. The Hall–Kier alpha value is -2.86. The van der Waals surface area contributed by atoms with Gasteiger partial charge < -0.3 is 14.1 Å².